The summed E-state index contributed by atoms with van der Waals surface area (Å²) >= 11 is 0.421. The van der Waals surface area contributed by atoms with E-state index >= 15 is 0 Å². The summed E-state index contributed by atoms with van der Waals surface area (Å²) in [5, 5.41) is 3.41. The first-order valence-corrected chi connectivity index (χ1v) is 4.91. The van der Waals surface area contributed by atoms with Crippen LogP contribution in [0.1, 0.15) is 6.92 Å². The second kappa shape index (κ2) is 5.78. The molecule has 0 saturated heterocycles. The number of nitrogens with one attached hydrogen (secondary N) is 1. The van der Waals surface area contributed by atoms with Gasteiger partial charge in [-0.1, -0.05) is 0 Å². The Bertz CT molecular complexity index is 299. The smallest absolute Gasteiger partial charge is 0.418 e. The van der Waals surface area contributed by atoms with E-state index in [-0.39, 0.29) is 5.71 Å². The van der Waals surface area contributed by atoms with E-state index in [1.165, 1.54) is 0 Å². The zero-order chi connectivity index (χ0) is 12.1. The zero-order valence-corrected chi connectivity index (χ0v) is 10.5. The van der Waals surface area contributed by atoms with Crippen molar-refractivity contribution in [2.45, 2.75) is 13.1 Å². The highest BCUT2D eigenvalue weighted by atomic mass is 27.1. The SMILES string of the molecule is COC(=O)/C=C(\C(C)=N\[NH][AlH2])C(F)(F)F. The van der Waals surface area contributed by atoms with Gasteiger partial charge < -0.3 is 9.15 Å². The number of alkyl halides is 3. The fourth-order valence-corrected chi connectivity index (χ4v) is 1.13. The molecule has 0 rings (SSSR count). The average molecular weight is 238 g/mol. The predicted octanol–water partition coefficient (Wildman–Crippen LogP) is 0.162. The van der Waals surface area contributed by atoms with Crippen molar-refractivity contribution in [2.24, 2.45) is 5.10 Å². The molecule has 0 amide bonds. The van der Waals surface area contributed by atoms with Gasteiger partial charge in [-0.25, -0.2) is 9.90 Å². The fraction of sp³-hybridized carbons (Fsp3) is 0.429. The van der Waals surface area contributed by atoms with Crippen LogP contribution >= 0.6 is 0 Å². The highest BCUT2D eigenvalue weighted by Gasteiger charge is 2.36. The first kappa shape index (κ1) is 14.0. The number of hydrazone groups is 1. The van der Waals surface area contributed by atoms with Gasteiger partial charge in [0.05, 0.1) is 18.4 Å². The topological polar surface area (TPSA) is 50.7 Å². The van der Waals surface area contributed by atoms with Crippen LogP contribution in [0.3, 0.4) is 0 Å². The minimum absolute atomic E-state index is 0.303. The highest BCUT2D eigenvalue weighted by Crippen LogP contribution is 2.26. The highest BCUT2D eigenvalue weighted by molar-refractivity contribution is 6.07. The molecule has 0 saturated carbocycles. The van der Waals surface area contributed by atoms with Crippen molar-refractivity contribution < 1.29 is 22.7 Å². The third kappa shape index (κ3) is 4.86. The van der Waals surface area contributed by atoms with E-state index in [0.29, 0.717) is 22.6 Å². The Morgan fingerprint density at radius 1 is 1.53 bits per heavy atom. The molecule has 1 N–H and O–H groups in total. The summed E-state index contributed by atoms with van der Waals surface area (Å²) in [4.78, 5) is 10.7. The van der Waals surface area contributed by atoms with Gasteiger partial charge in [-0.2, -0.15) is 13.2 Å². The summed E-state index contributed by atoms with van der Waals surface area (Å²) in [7, 11) is 1.00. The number of esters is 1. The number of carbonyl (C=O) groups excluding carboxylic acids is 1. The standard InChI is InChI=1S/C7H9F3N2O2.Al.2H/c1-4(12-11)5(7(8,9)10)3-6(13)14-2;;;/h3H,1-2H3,(H2,11,13);;;/q;+1;;/p-1. The lowest BCUT2D eigenvalue weighted by molar-refractivity contribution is -0.135. The van der Waals surface area contributed by atoms with Crippen molar-refractivity contribution >= 4 is 28.2 Å². The third-order valence-electron chi connectivity index (χ3n) is 1.44. The van der Waals surface area contributed by atoms with Crippen molar-refractivity contribution in [3.63, 3.8) is 0 Å². The van der Waals surface area contributed by atoms with Crippen molar-refractivity contribution in [3.05, 3.63) is 11.6 Å². The molecule has 8 heteroatoms. The van der Waals surface area contributed by atoms with Crippen LogP contribution in [0.2, 0.25) is 0 Å². The third-order valence-corrected chi connectivity index (χ3v) is 1.66. The van der Waals surface area contributed by atoms with Gasteiger partial charge in [0.1, 0.15) is 0 Å². The molecule has 0 aromatic rings. The average Bonchev–Trinajstić information content (AvgIpc) is 2.12. The van der Waals surface area contributed by atoms with Gasteiger partial charge in [-0.15, -0.1) is 0 Å². The molecule has 0 aromatic heterocycles. The lowest BCUT2D eigenvalue weighted by Gasteiger charge is -2.10. The maximum absolute atomic E-state index is 12.4. The zero-order valence-electron chi connectivity index (χ0n) is 8.47. The minimum Gasteiger partial charge on any atom is -0.466 e. The number of halogens is 3. The molecule has 4 nitrogen and oxygen atoms in total. The maximum Gasteiger partial charge on any atom is 0.418 e. The van der Waals surface area contributed by atoms with Gasteiger partial charge in [0.2, 0.25) is 0 Å². The lowest BCUT2D eigenvalue weighted by atomic mass is 10.1. The Morgan fingerprint density at radius 3 is 2.40 bits per heavy atom. The van der Waals surface area contributed by atoms with Crippen LogP contribution in [0.4, 0.5) is 13.2 Å². The molecule has 0 heterocycles. The number of carbonyl (C=O) groups is 1. The molecular formula is C7H10AlF3N2O2. The summed E-state index contributed by atoms with van der Waals surface area (Å²) in [5.74, 6) is -1.06. The van der Waals surface area contributed by atoms with Gasteiger partial charge >= 0.3 is 28.7 Å². The Hall–Kier alpha value is -0.998. The van der Waals surface area contributed by atoms with Crippen LogP contribution in [0.25, 0.3) is 0 Å². The number of nitrogens with zero attached hydrogens (tertiary/aromatic N) is 1. The number of hydrogen-bond acceptors (Lipinski definition) is 4. The molecule has 84 valence electrons. The summed E-state index contributed by atoms with van der Waals surface area (Å²) in [6.07, 6.45) is -4.25. The van der Waals surface area contributed by atoms with E-state index in [9.17, 15) is 18.0 Å². The summed E-state index contributed by atoms with van der Waals surface area (Å²) < 4.78 is 43.7. The Morgan fingerprint density at radius 2 is 2.07 bits per heavy atom. The largest absolute Gasteiger partial charge is 0.466 e. The van der Waals surface area contributed by atoms with Gasteiger partial charge in [0.15, 0.2) is 0 Å². The normalized spacial score (nSPS) is 13.7. The summed E-state index contributed by atoms with van der Waals surface area (Å²) in [5.41, 5.74) is -1.42. The fourth-order valence-electron chi connectivity index (χ4n) is 0.796. The quantitative estimate of drug-likeness (QED) is 0.250. The second-order valence-electron chi connectivity index (χ2n) is 2.50. The molecule has 0 fully saturated rings. The van der Waals surface area contributed by atoms with Crippen LogP contribution in [0.5, 0.6) is 0 Å². The van der Waals surface area contributed by atoms with Crippen molar-refractivity contribution in [1.29, 1.82) is 0 Å². The molecule has 0 radical (unpaired) electrons. The van der Waals surface area contributed by atoms with Crippen LogP contribution in [-0.4, -0.2) is 41.5 Å². The van der Waals surface area contributed by atoms with Crippen LogP contribution in [0, 0.1) is 0 Å². The van der Waals surface area contributed by atoms with E-state index in [1.807, 2.05) is 0 Å². The van der Waals surface area contributed by atoms with Gasteiger partial charge in [0.25, 0.3) is 0 Å². The van der Waals surface area contributed by atoms with E-state index < -0.39 is 17.7 Å². The minimum atomic E-state index is -4.62. The first-order valence-electron chi connectivity index (χ1n) is 3.91. The number of hydrogen-bond donors (Lipinski definition) is 1. The lowest BCUT2D eigenvalue weighted by Crippen LogP contribution is -2.21. The summed E-state index contributed by atoms with van der Waals surface area (Å²) in [6, 6.07) is 0. The Kier molecular flexibility index (Phi) is 5.40. The van der Waals surface area contributed by atoms with Crippen molar-refractivity contribution in [3.8, 4) is 0 Å². The second-order valence-corrected chi connectivity index (χ2v) is 2.95. The van der Waals surface area contributed by atoms with E-state index in [0.717, 1.165) is 14.0 Å². The van der Waals surface area contributed by atoms with E-state index in [4.69, 9.17) is 0 Å². The molecule has 0 spiro atoms. The van der Waals surface area contributed by atoms with Crippen LogP contribution in [0.15, 0.2) is 16.8 Å². The van der Waals surface area contributed by atoms with Gasteiger partial charge in [-0.3, -0.25) is 0 Å². The Labute approximate surface area is 92.8 Å². The van der Waals surface area contributed by atoms with Crippen molar-refractivity contribution in [1.82, 2.24) is 4.41 Å². The van der Waals surface area contributed by atoms with Crippen molar-refractivity contribution in [2.75, 3.05) is 7.11 Å². The molecule has 0 aliphatic rings. The van der Waals surface area contributed by atoms with Crippen LogP contribution in [-0.2, 0) is 9.53 Å². The van der Waals surface area contributed by atoms with E-state index in [2.05, 4.69) is 14.2 Å². The maximum atomic E-state index is 12.4. The number of rotatable bonds is 3. The molecule has 0 bridgehead atoms. The number of ether oxygens (including phenoxy) is 1. The molecule has 0 unspecified atom stereocenters. The molecule has 0 atom stereocenters. The number of methoxy groups -OCH3 is 1. The molecule has 15 heavy (non-hydrogen) atoms. The number of allylic oxidation sites excluding steroid dienone is 1. The monoisotopic (exact) mass is 238 g/mol. The molecule has 0 aliphatic carbocycles. The molecule has 0 aromatic carbocycles. The van der Waals surface area contributed by atoms with Gasteiger partial charge in [-0.05, 0) is 6.92 Å². The van der Waals surface area contributed by atoms with E-state index in [1.54, 1.807) is 0 Å². The first-order chi connectivity index (χ1) is 6.82. The Balaban J connectivity index is 5.17. The molecule has 0 aliphatic heterocycles. The predicted molar refractivity (Wildman–Crippen MR) is 50.9 cm³/mol. The summed E-state index contributed by atoms with van der Waals surface area (Å²) in [6.45, 7) is 1.16. The van der Waals surface area contributed by atoms with Gasteiger partial charge in [0, 0.05) is 6.08 Å². The van der Waals surface area contributed by atoms with Crippen LogP contribution < -0.4 is 4.41 Å². The molecular weight excluding hydrogens is 228 g/mol.